The molecular weight excluding hydrogens is 244 g/mol. The molecule has 0 aromatic carbocycles. The van der Waals surface area contributed by atoms with Gasteiger partial charge in [-0.1, -0.05) is 6.42 Å². The number of carboxylic acid groups (broad SMARTS) is 1. The Kier molecular flexibility index (Phi) is 4.48. The Morgan fingerprint density at radius 2 is 1.74 bits per heavy atom. The summed E-state index contributed by atoms with van der Waals surface area (Å²) in [6.07, 6.45) is 3.55. The lowest BCUT2D eigenvalue weighted by Crippen LogP contribution is -2.60. The van der Waals surface area contributed by atoms with Gasteiger partial charge in [-0.15, -0.1) is 0 Å². The standard InChI is InChI=1S/C14H26N2O3/c1-9(10-7-6-8-10)15-12(19)16-14(4,5)13(2,3)11(17)18/h9-10H,6-8H2,1-5H3,(H,17,18)(H2,15,16,19). The van der Waals surface area contributed by atoms with Crippen LogP contribution in [0.1, 0.15) is 53.9 Å². The van der Waals surface area contributed by atoms with Gasteiger partial charge in [0.25, 0.3) is 0 Å². The fourth-order valence-electron chi connectivity index (χ4n) is 2.01. The monoisotopic (exact) mass is 270 g/mol. The van der Waals surface area contributed by atoms with Crippen molar-refractivity contribution in [2.24, 2.45) is 11.3 Å². The lowest BCUT2D eigenvalue weighted by atomic mass is 9.74. The molecule has 19 heavy (non-hydrogen) atoms. The van der Waals surface area contributed by atoms with E-state index in [1.165, 1.54) is 6.42 Å². The second-order valence-corrected chi connectivity index (χ2v) is 6.63. The summed E-state index contributed by atoms with van der Waals surface area (Å²) in [6, 6.07) is -0.156. The van der Waals surface area contributed by atoms with E-state index in [-0.39, 0.29) is 12.1 Å². The topological polar surface area (TPSA) is 78.4 Å². The summed E-state index contributed by atoms with van der Waals surface area (Å²) >= 11 is 0. The Bertz CT molecular complexity index is 360. The van der Waals surface area contributed by atoms with E-state index in [4.69, 9.17) is 0 Å². The van der Waals surface area contributed by atoms with Crippen LogP contribution in [-0.2, 0) is 4.79 Å². The molecule has 0 radical (unpaired) electrons. The molecule has 1 atom stereocenters. The summed E-state index contributed by atoms with van der Waals surface area (Å²) in [5, 5.41) is 14.9. The Balaban J connectivity index is 2.57. The molecule has 0 aromatic rings. The van der Waals surface area contributed by atoms with Crippen LogP contribution in [0.15, 0.2) is 0 Å². The van der Waals surface area contributed by atoms with Gasteiger partial charge in [0.2, 0.25) is 0 Å². The summed E-state index contributed by atoms with van der Waals surface area (Å²) in [6.45, 7) is 8.69. The molecule has 0 aliphatic heterocycles. The third-order valence-electron chi connectivity index (χ3n) is 4.74. The minimum absolute atomic E-state index is 0.137. The summed E-state index contributed by atoms with van der Waals surface area (Å²) in [5.41, 5.74) is -1.87. The molecule has 1 rings (SSSR count). The normalized spacial score (nSPS) is 18.4. The Labute approximate surface area is 115 Å². The molecule has 1 aliphatic carbocycles. The van der Waals surface area contributed by atoms with Crippen LogP contribution >= 0.6 is 0 Å². The average molecular weight is 270 g/mol. The van der Waals surface area contributed by atoms with Crippen molar-refractivity contribution in [3.63, 3.8) is 0 Å². The second kappa shape index (κ2) is 5.39. The van der Waals surface area contributed by atoms with Crippen molar-refractivity contribution in [2.75, 3.05) is 0 Å². The van der Waals surface area contributed by atoms with Crippen LogP contribution in [0, 0.1) is 11.3 Å². The molecule has 5 heteroatoms. The highest BCUT2D eigenvalue weighted by atomic mass is 16.4. The van der Waals surface area contributed by atoms with Crippen LogP contribution in [0.4, 0.5) is 4.79 Å². The SMILES string of the molecule is CC(NC(=O)NC(C)(C)C(C)(C)C(=O)O)C1CCC1. The molecule has 0 heterocycles. The predicted molar refractivity (Wildman–Crippen MR) is 74.0 cm³/mol. The number of nitrogens with one attached hydrogen (secondary N) is 2. The first kappa shape index (κ1) is 15.8. The van der Waals surface area contributed by atoms with Gasteiger partial charge in [0.1, 0.15) is 0 Å². The highest BCUT2D eigenvalue weighted by Gasteiger charge is 2.44. The lowest BCUT2D eigenvalue weighted by Gasteiger charge is -2.39. The summed E-state index contributed by atoms with van der Waals surface area (Å²) < 4.78 is 0. The minimum Gasteiger partial charge on any atom is -0.481 e. The van der Waals surface area contributed by atoms with E-state index in [1.54, 1.807) is 27.7 Å². The number of hydrogen-bond donors (Lipinski definition) is 3. The third-order valence-corrected chi connectivity index (χ3v) is 4.74. The summed E-state index contributed by atoms with van der Waals surface area (Å²) in [5.74, 6) is -0.369. The summed E-state index contributed by atoms with van der Waals surface area (Å²) in [4.78, 5) is 23.2. The molecule has 2 amide bonds. The second-order valence-electron chi connectivity index (χ2n) is 6.63. The van der Waals surface area contributed by atoms with Gasteiger partial charge in [0, 0.05) is 6.04 Å². The summed E-state index contributed by atoms with van der Waals surface area (Å²) in [7, 11) is 0. The van der Waals surface area contributed by atoms with Crippen LogP contribution in [0.5, 0.6) is 0 Å². The van der Waals surface area contributed by atoms with Crippen LogP contribution < -0.4 is 10.6 Å². The number of rotatable bonds is 5. The highest BCUT2D eigenvalue weighted by Crippen LogP contribution is 2.31. The number of amides is 2. The van der Waals surface area contributed by atoms with Crippen LogP contribution in [0.25, 0.3) is 0 Å². The molecule has 0 bridgehead atoms. The fraction of sp³-hybridized carbons (Fsp3) is 0.857. The number of carbonyl (C=O) groups excluding carboxylic acids is 1. The zero-order valence-electron chi connectivity index (χ0n) is 12.5. The number of hydrogen-bond acceptors (Lipinski definition) is 2. The van der Waals surface area contributed by atoms with E-state index in [1.807, 2.05) is 6.92 Å². The van der Waals surface area contributed by atoms with Crippen molar-refractivity contribution in [1.29, 1.82) is 0 Å². The van der Waals surface area contributed by atoms with Crippen molar-refractivity contribution in [2.45, 2.75) is 65.5 Å². The van der Waals surface area contributed by atoms with Crippen molar-refractivity contribution >= 4 is 12.0 Å². The van der Waals surface area contributed by atoms with E-state index in [0.717, 1.165) is 12.8 Å². The number of aliphatic carboxylic acids is 1. The Hall–Kier alpha value is -1.26. The first-order chi connectivity index (χ1) is 8.58. The van der Waals surface area contributed by atoms with Gasteiger partial charge in [-0.3, -0.25) is 4.79 Å². The van der Waals surface area contributed by atoms with E-state index < -0.39 is 16.9 Å². The van der Waals surface area contributed by atoms with Gasteiger partial charge < -0.3 is 15.7 Å². The average Bonchev–Trinajstić information content (AvgIpc) is 2.11. The van der Waals surface area contributed by atoms with Gasteiger partial charge in [-0.25, -0.2) is 4.79 Å². The van der Waals surface area contributed by atoms with Gasteiger partial charge in [0.15, 0.2) is 0 Å². The third kappa shape index (κ3) is 3.39. The molecule has 5 nitrogen and oxygen atoms in total. The maximum absolute atomic E-state index is 12.0. The molecule has 0 aromatic heterocycles. The molecule has 1 saturated carbocycles. The minimum atomic E-state index is -1.04. The Morgan fingerprint density at radius 3 is 2.11 bits per heavy atom. The van der Waals surface area contributed by atoms with Gasteiger partial charge >= 0.3 is 12.0 Å². The number of carboxylic acids is 1. The van der Waals surface area contributed by atoms with E-state index in [9.17, 15) is 14.7 Å². The lowest BCUT2D eigenvalue weighted by molar-refractivity contribution is -0.150. The van der Waals surface area contributed by atoms with Gasteiger partial charge in [-0.2, -0.15) is 0 Å². The molecule has 110 valence electrons. The fourth-order valence-corrected chi connectivity index (χ4v) is 2.01. The van der Waals surface area contributed by atoms with Crippen molar-refractivity contribution in [3.05, 3.63) is 0 Å². The highest BCUT2D eigenvalue weighted by molar-refractivity contribution is 5.79. The molecular formula is C14H26N2O3. The maximum Gasteiger partial charge on any atom is 0.315 e. The van der Waals surface area contributed by atoms with Crippen molar-refractivity contribution in [3.8, 4) is 0 Å². The van der Waals surface area contributed by atoms with Gasteiger partial charge in [-0.05, 0) is 53.4 Å². The van der Waals surface area contributed by atoms with Crippen molar-refractivity contribution in [1.82, 2.24) is 10.6 Å². The van der Waals surface area contributed by atoms with Crippen molar-refractivity contribution < 1.29 is 14.7 Å². The first-order valence-electron chi connectivity index (χ1n) is 6.90. The van der Waals surface area contributed by atoms with E-state index in [0.29, 0.717) is 5.92 Å². The van der Waals surface area contributed by atoms with Gasteiger partial charge in [0.05, 0.1) is 11.0 Å². The number of urea groups is 1. The molecule has 1 aliphatic rings. The molecule has 0 saturated heterocycles. The molecule has 0 spiro atoms. The zero-order valence-corrected chi connectivity index (χ0v) is 12.5. The van der Waals surface area contributed by atoms with Crippen LogP contribution in [0.2, 0.25) is 0 Å². The predicted octanol–water partition coefficient (Wildman–Crippen LogP) is 2.36. The van der Waals surface area contributed by atoms with E-state index in [2.05, 4.69) is 10.6 Å². The quantitative estimate of drug-likeness (QED) is 0.717. The van der Waals surface area contributed by atoms with Crippen LogP contribution in [-0.4, -0.2) is 28.7 Å². The first-order valence-corrected chi connectivity index (χ1v) is 6.90. The Morgan fingerprint density at radius 1 is 1.21 bits per heavy atom. The zero-order chi connectivity index (χ0) is 14.8. The molecule has 3 N–H and O–H groups in total. The van der Waals surface area contributed by atoms with E-state index >= 15 is 0 Å². The molecule has 1 unspecified atom stereocenters. The largest absolute Gasteiger partial charge is 0.481 e. The number of carbonyl (C=O) groups is 2. The maximum atomic E-state index is 12.0. The van der Waals surface area contributed by atoms with Crippen LogP contribution in [0.3, 0.4) is 0 Å². The smallest absolute Gasteiger partial charge is 0.315 e. The molecule has 1 fully saturated rings.